The first-order chi connectivity index (χ1) is 15.3. The van der Waals surface area contributed by atoms with Gasteiger partial charge in [-0.2, -0.15) is 0 Å². The Morgan fingerprint density at radius 1 is 0.677 bits per heavy atom. The molecule has 5 heteroatoms. The smallest absolute Gasteiger partial charge is 0.267 e. The highest BCUT2D eigenvalue weighted by molar-refractivity contribution is 6.05. The van der Waals surface area contributed by atoms with Crippen molar-refractivity contribution in [1.82, 2.24) is 14.0 Å². The van der Waals surface area contributed by atoms with Gasteiger partial charge in [0, 0.05) is 16.8 Å². The van der Waals surface area contributed by atoms with E-state index in [0.29, 0.717) is 16.7 Å². The number of benzene rings is 4. The van der Waals surface area contributed by atoms with E-state index < -0.39 is 0 Å². The van der Waals surface area contributed by atoms with Crippen LogP contribution in [-0.2, 0) is 0 Å². The molecule has 0 bridgehead atoms. The van der Waals surface area contributed by atoms with Crippen LogP contribution in [0.2, 0.25) is 0 Å². The van der Waals surface area contributed by atoms with Crippen molar-refractivity contribution in [2.75, 3.05) is 0 Å². The molecular weight excluding hydrogens is 386 g/mol. The molecule has 0 spiro atoms. The zero-order chi connectivity index (χ0) is 20.5. The lowest BCUT2D eigenvalue weighted by Gasteiger charge is -2.06. The molecule has 0 fully saturated rings. The SMILES string of the molecule is O=c1c2ccccc2nc2n(-c3ccc4c(c3)oc3ccccc34)c3ccccc3n12. The van der Waals surface area contributed by atoms with Gasteiger partial charge in [-0.05, 0) is 42.5 Å². The fourth-order valence-electron chi connectivity index (χ4n) is 4.55. The molecule has 0 amide bonds. The lowest BCUT2D eigenvalue weighted by atomic mass is 10.1. The first kappa shape index (κ1) is 16.4. The van der Waals surface area contributed by atoms with E-state index in [1.165, 1.54) is 0 Å². The van der Waals surface area contributed by atoms with Crippen LogP contribution in [0, 0.1) is 0 Å². The van der Waals surface area contributed by atoms with Gasteiger partial charge in [0.2, 0.25) is 5.78 Å². The van der Waals surface area contributed by atoms with E-state index in [-0.39, 0.29) is 5.56 Å². The van der Waals surface area contributed by atoms with Crippen molar-refractivity contribution in [2.45, 2.75) is 0 Å². The fourth-order valence-corrected chi connectivity index (χ4v) is 4.55. The number of hydrogen-bond donors (Lipinski definition) is 0. The zero-order valence-electron chi connectivity index (χ0n) is 16.3. The molecule has 0 aliphatic carbocycles. The minimum atomic E-state index is -0.0691. The zero-order valence-corrected chi connectivity index (χ0v) is 16.3. The molecule has 0 N–H and O–H groups in total. The van der Waals surface area contributed by atoms with E-state index in [1.807, 2.05) is 77.4 Å². The van der Waals surface area contributed by atoms with Crippen molar-refractivity contribution in [3.63, 3.8) is 0 Å². The molecule has 0 saturated heterocycles. The van der Waals surface area contributed by atoms with Gasteiger partial charge in [-0.15, -0.1) is 0 Å². The van der Waals surface area contributed by atoms with Gasteiger partial charge in [0.25, 0.3) is 5.56 Å². The third kappa shape index (κ3) is 2.15. The Morgan fingerprint density at radius 3 is 2.29 bits per heavy atom. The Hall–Kier alpha value is -4.38. The number of fused-ring (bicyclic) bond motifs is 7. The molecule has 0 radical (unpaired) electrons. The van der Waals surface area contributed by atoms with E-state index in [0.717, 1.165) is 38.7 Å². The largest absolute Gasteiger partial charge is 0.456 e. The standard InChI is InChI=1S/C26H15N3O2/c30-25-19-8-1-3-9-20(19)27-26-28(21-10-4-5-11-22(21)29(25)26)16-13-14-18-17-7-2-6-12-23(17)31-24(18)15-16/h1-15H. The lowest BCUT2D eigenvalue weighted by Crippen LogP contribution is -2.15. The summed E-state index contributed by atoms with van der Waals surface area (Å²) in [5.74, 6) is 0.584. The van der Waals surface area contributed by atoms with Gasteiger partial charge in [0.15, 0.2) is 0 Å². The Morgan fingerprint density at radius 2 is 1.39 bits per heavy atom. The molecule has 31 heavy (non-hydrogen) atoms. The minimum Gasteiger partial charge on any atom is -0.456 e. The van der Waals surface area contributed by atoms with Crippen LogP contribution in [0.25, 0.3) is 55.3 Å². The fraction of sp³-hybridized carbons (Fsp3) is 0. The topological polar surface area (TPSA) is 52.4 Å². The molecule has 7 rings (SSSR count). The van der Waals surface area contributed by atoms with Gasteiger partial charge < -0.3 is 4.42 Å². The Kier molecular flexibility index (Phi) is 3.09. The number of hydrogen-bond acceptors (Lipinski definition) is 3. The normalized spacial score (nSPS) is 12.0. The van der Waals surface area contributed by atoms with Crippen molar-refractivity contribution in [2.24, 2.45) is 0 Å². The summed E-state index contributed by atoms with van der Waals surface area (Å²) in [6.45, 7) is 0. The van der Waals surface area contributed by atoms with Gasteiger partial charge in [-0.25, -0.2) is 9.38 Å². The van der Waals surface area contributed by atoms with E-state index in [2.05, 4.69) is 18.2 Å². The highest BCUT2D eigenvalue weighted by atomic mass is 16.3. The quantitative estimate of drug-likeness (QED) is 0.355. The number of imidazole rings is 1. The first-order valence-electron chi connectivity index (χ1n) is 10.1. The maximum absolute atomic E-state index is 13.4. The second-order valence-electron chi connectivity index (χ2n) is 7.67. The van der Waals surface area contributed by atoms with Crippen LogP contribution in [0.3, 0.4) is 0 Å². The van der Waals surface area contributed by atoms with Crippen molar-refractivity contribution in [3.8, 4) is 5.69 Å². The molecule has 4 aromatic carbocycles. The molecule has 0 saturated carbocycles. The number of aromatic nitrogens is 3. The summed E-state index contributed by atoms with van der Waals surface area (Å²) in [4.78, 5) is 18.2. The van der Waals surface area contributed by atoms with Crippen molar-refractivity contribution >= 4 is 49.7 Å². The van der Waals surface area contributed by atoms with Crippen LogP contribution in [0.4, 0.5) is 0 Å². The molecular formula is C26H15N3O2. The predicted molar refractivity (Wildman–Crippen MR) is 123 cm³/mol. The van der Waals surface area contributed by atoms with Crippen LogP contribution in [0.1, 0.15) is 0 Å². The molecule has 5 nitrogen and oxygen atoms in total. The summed E-state index contributed by atoms with van der Waals surface area (Å²) in [6.07, 6.45) is 0. The van der Waals surface area contributed by atoms with E-state index in [9.17, 15) is 4.79 Å². The van der Waals surface area contributed by atoms with Crippen molar-refractivity contribution < 1.29 is 4.42 Å². The second-order valence-corrected chi connectivity index (χ2v) is 7.67. The average Bonchev–Trinajstić information content (AvgIpc) is 3.34. The molecule has 3 heterocycles. The molecule has 146 valence electrons. The van der Waals surface area contributed by atoms with Crippen molar-refractivity contribution in [1.29, 1.82) is 0 Å². The number of furan rings is 1. The third-order valence-corrected chi connectivity index (χ3v) is 5.94. The molecule has 0 aliphatic heterocycles. The molecule has 3 aromatic heterocycles. The monoisotopic (exact) mass is 401 g/mol. The van der Waals surface area contributed by atoms with Crippen molar-refractivity contribution in [3.05, 3.63) is 101 Å². The summed E-state index contributed by atoms with van der Waals surface area (Å²) >= 11 is 0. The lowest BCUT2D eigenvalue weighted by molar-refractivity contribution is 0.668. The predicted octanol–water partition coefficient (Wildman–Crippen LogP) is 5.69. The second kappa shape index (κ2) is 5.83. The van der Waals surface area contributed by atoms with Gasteiger partial charge in [0.1, 0.15) is 11.2 Å². The first-order valence-corrected chi connectivity index (χ1v) is 10.1. The number of para-hydroxylation sites is 4. The van der Waals surface area contributed by atoms with Crippen LogP contribution in [0.5, 0.6) is 0 Å². The number of nitrogens with zero attached hydrogens (tertiary/aromatic N) is 3. The molecule has 0 unspecified atom stereocenters. The van der Waals surface area contributed by atoms with Gasteiger partial charge >= 0.3 is 0 Å². The average molecular weight is 401 g/mol. The highest BCUT2D eigenvalue weighted by Crippen LogP contribution is 2.32. The third-order valence-electron chi connectivity index (χ3n) is 5.94. The summed E-state index contributed by atoms with van der Waals surface area (Å²) in [7, 11) is 0. The minimum absolute atomic E-state index is 0.0691. The van der Waals surface area contributed by atoms with Gasteiger partial charge in [0.05, 0.1) is 27.6 Å². The summed E-state index contributed by atoms with van der Waals surface area (Å²) < 4.78 is 9.83. The van der Waals surface area contributed by atoms with E-state index >= 15 is 0 Å². The maximum Gasteiger partial charge on any atom is 0.267 e. The van der Waals surface area contributed by atoms with E-state index in [4.69, 9.17) is 9.40 Å². The van der Waals surface area contributed by atoms with Crippen LogP contribution < -0.4 is 5.56 Å². The highest BCUT2D eigenvalue weighted by Gasteiger charge is 2.17. The molecule has 7 aromatic rings. The van der Waals surface area contributed by atoms with E-state index in [1.54, 1.807) is 4.40 Å². The van der Waals surface area contributed by atoms with Crippen LogP contribution in [-0.4, -0.2) is 14.0 Å². The summed E-state index contributed by atoms with van der Waals surface area (Å²) in [6, 6.07) is 29.5. The van der Waals surface area contributed by atoms with Gasteiger partial charge in [-0.1, -0.05) is 42.5 Å². The Bertz CT molecular complexity index is 1870. The summed E-state index contributed by atoms with van der Waals surface area (Å²) in [5, 5.41) is 2.76. The Balaban J connectivity index is 1.65. The molecule has 0 aliphatic rings. The summed E-state index contributed by atoms with van der Waals surface area (Å²) in [5.41, 5.74) is 4.91. The maximum atomic E-state index is 13.4. The number of rotatable bonds is 1. The van der Waals surface area contributed by atoms with Crippen LogP contribution >= 0.6 is 0 Å². The Labute approximate surface area is 175 Å². The van der Waals surface area contributed by atoms with Gasteiger partial charge in [-0.3, -0.25) is 9.36 Å². The molecule has 0 atom stereocenters. The van der Waals surface area contributed by atoms with Crippen LogP contribution in [0.15, 0.2) is 100 Å².